The van der Waals surface area contributed by atoms with Crippen LogP contribution in [0.5, 0.6) is 0 Å². The first-order chi connectivity index (χ1) is 8.70. The second-order valence-corrected chi connectivity index (χ2v) is 5.69. The summed E-state index contributed by atoms with van der Waals surface area (Å²) in [5.41, 5.74) is 8.72. The largest absolute Gasteiger partial charge is 0.330 e. The minimum absolute atomic E-state index is 0.477. The van der Waals surface area contributed by atoms with Gasteiger partial charge in [-0.15, -0.1) is 0 Å². The van der Waals surface area contributed by atoms with Crippen molar-refractivity contribution in [3.63, 3.8) is 0 Å². The number of rotatable bonds is 4. The highest BCUT2D eigenvalue weighted by molar-refractivity contribution is 5.26. The molecule has 0 radical (unpaired) electrons. The zero-order valence-corrected chi connectivity index (χ0v) is 11.7. The van der Waals surface area contributed by atoms with Crippen LogP contribution >= 0.6 is 0 Å². The van der Waals surface area contributed by atoms with E-state index >= 15 is 0 Å². The molecule has 2 nitrogen and oxygen atoms in total. The molecule has 2 rings (SSSR count). The molecule has 0 amide bonds. The lowest BCUT2D eigenvalue weighted by Gasteiger charge is -2.35. The molecule has 100 valence electrons. The third kappa shape index (κ3) is 3.33. The van der Waals surface area contributed by atoms with Gasteiger partial charge in [0.1, 0.15) is 0 Å². The van der Waals surface area contributed by atoms with Crippen LogP contribution in [0.25, 0.3) is 0 Å². The molecule has 1 fully saturated rings. The van der Waals surface area contributed by atoms with E-state index < -0.39 is 0 Å². The molecule has 0 aromatic heterocycles. The molecular formula is C16H26N2. The summed E-state index contributed by atoms with van der Waals surface area (Å²) in [5.74, 6) is 0.477. The Kier molecular flexibility index (Phi) is 4.79. The van der Waals surface area contributed by atoms with E-state index in [1.807, 2.05) is 0 Å². The van der Waals surface area contributed by atoms with Crippen molar-refractivity contribution in [2.45, 2.75) is 45.1 Å². The molecular weight excluding hydrogens is 220 g/mol. The number of nitrogens with zero attached hydrogens (tertiary/aromatic N) is 1. The van der Waals surface area contributed by atoms with Crippen molar-refractivity contribution in [2.24, 2.45) is 5.73 Å². The van der Waals surface area contributed by atoms with Crippen molar-refractivity contribution in [1.29, 1.82) is 0 Å². The van der Waals surface area contributed by atoms with Gasteiger partial charge in [-0.05, 0) is 38.8 Å². The third-order valence-electron chi connectivity index (χ3n) is 4.19. The van der Waals surface area contributed by atoms with Crippen LogP contribution in [0.2, 0.25) is 0 Å². The first-order valence-electron chi connectivity index (χ1n) is 7.21. The number of hydrogen-bond donors (Lipinski definition) is 1. The van der Waals surface area contributed by atoms with Crippen LogP contribution in [-0.2, 0) is 0 Å². The zero-order chi connectivity index (χ0) is 13.0. The number of piperidine rings is 1. The highest BCUT2D eigenvalue weighted by Crippen LogP contribution is 2.22. The Morgan fingerprint density at radius 3 is 2.89 bits per heavy atom. The molecule has 0 bridgehead atoms. The van der Waals surface area contributed by atoms with Crippen LogP contribution in [0, 0.1) is 6.92 Å². The van der Waals surface area contributed by atoms with E-state index in [1.54, 1.807) is 0 Å². The van der Waals surface area contributed by atoms with E-state index in [-0.39, 0.29) is 0 Å². The Morgan fingerprint density at radius 1 is 1.39 bits per heavy atom. The van der Waals surface area contributed by atoms with Gasteiger partial charge in [-0.25, -0.2) is 0 Å². The Labute approximate surface area is 111 Å². The first-order valence-corrected chi connectivity index (χ1v) is 7.21. The Hall–Kier alpha value is -0.860. The fourth-order valence-corrected chi connectivity index (χ4v) is 2.95. The molecule has 1 aliphatic heterocycles. The zero-order valence-electron chi connectivity index (χ0n) is 11.7. The van der Waals surface area contributed by atoms with Crippen LogP contribution in [0.15, 0.2) is 24.3 Å². The van der Waals surface area contributed by atoms with Crippen molar-refractivity contribution < 1.29 is 0 Å². The van der Waals surface area contributed by atoms with Crippen LogP contribution in [0.1, 0.15) is 43.2 Å². The highest BCUT2D eigenvalue weighted by Gasteiger charge is 2.21. The van der Waals surface area contributed by atoms with Crippen LogP contribution in [-0.4, -0.2) is 30.6 Å². The minimum Gasteiger partial charge on any atom is -0.330 e. The Bertz CT molecular complexity index is 375. The average Bonchev–Trinajstić information content (AvgIpc) is 2.38. The molecule has 0 aliphatic carbocycles. The quantitative estimate of drug-likeness (QED) is 0.885. The Balaban J connectivity index is 2.04. The smallest absolute Gasteiger partial charge is 0.00890 e. The lowest BCUT2D eigenvalue weighted by atomic mass is 9.94. The minimum atomic E-state index is 0.477. The first kappa shape index (κ1) is 13.6. The monoisotopic (exact) mass is 246 g/mol. The van der Waals surface area contributed by atoms with Gasteiger partial charge in [0.15, 0.2) is 0 Å². The standard InChI is InChI=1S/C16H26N2/c1-13-6-5-8-15(10-13)16(11-17)12-18-9-4-3-7-14(18)2/h5-6,8,10,14,16H,3-4,7,9,11-12,17H2,1-2H3. The van der Waals surface area contributed by atoms with Crippen LogP contribution in [0.4, 0.5) is 0 Å². The number of aryl methyl sites for hydroxylation is 1. The lowest BCUT2D eigenvalue weighted by molar-refractivity contribution is 0.152. The van der Waals surface area contributed by atoms with Crippen molar-refractivity contribution in [2.75, 3.05) is 19.6 Å². The van der Waals surface area contributed by atoms with Gasteiger partial charge in [0, 0.05) is 25.0 Å². The third-order valence-corrected chi connectivity index (χ3v) is 4.19. The maximum absolute atomic E-state index is 5.99. The van der Waals surface area contributed by atoms with Gasteiger partial charge in [0.2, 0.25) is 0 Å². The summed E-state index contributed by atoms with van der Waals surface area (Å²) in [4.78, 5) is 2.61. The summed E-state index contributed by atoms with van der Waals surface area (Å²) in [5, 5.41) is 0. The van der Waals surface area contributed by atoms with E-state index in [0.29, 0.717) is 5.92 Å². The second kappa shape index (κ2) is 6.35. The van der Waals surface area contributed by atoms with Gasteiger partial charge in [-0.1, -0.05) is 36.2 Å². The average molecular weight is 246 g/mol. The predicted molar refractivity (Wildman–Crippen MR) is 77.9 cm³/mol. The van der Waals surface area contributed by atoms with Gasteiger partial charge < -0.3 is 10.6 Å². The molecule has 2 heteroatoms. The summed E-state index contributed by atoms with van der Waals surface area (Å²) < 4.78 is 0. The van der Waals surface area contributed by atoms with E-state index in [1.165, 1.54) is 36.9 Å². The van der Waals surface area contributed by atoms with Gasteiger partial charge >= 0.3 is 0 Å². The summed E-state index contributed by atoms with van der Waals surface area (Å²) >= 11 is 0. The number of benzene rings is 1. The summed E-state index contributed by atoms with van der Waals surface area (Å²) in [6.45, 7) is 7.60. The van der Waals surface area contributed by atoms with Crippen molar-refractivity contribution >= 4 is 0 Å². The molecule has 1 aromatic carbocycles. The molecule has 1 aliphatic rings. The predicted octanol–water partition coefficient (Wildman–Crippen LogP) is 2.91. The van der Waals surface area contributed by atoms with Gasteiger partial charge in [-0.3, -0.25) is 0 Å². The maximum Gasteiger partial charge on any atom is 0.00890 e. The van der Waals surface area contributed by atoms with Crippen LogP contribution in [0.3, 0.4) is 0 Å². The maximum atomic E-state index is 5.99. The van der Waals surface area contributed by atoms with Crippen LogP contribution < -0.4 is 5.73 Å². The Morgan fingerprint density at radius 2 is 2.22 bits per heavy atom. The fourth-order valence-electron chi connectivity index (χ4n) is 2.95. The molecule has 2 unspecified atom stereocenters. The molecule has 0 saturated carbocycles. The highest BCUT2D eigenvalue weighted by atomic mass is 15.2. The van der Waals surface area contributed by atoms with E-state index in [0.717, 1.165) is 19.1 Å². The fraction of sp³-hybridized carbons (Fsp3) is 0.625. The van der Waals surface area contributed by atoms with E-state index in [2.05, 4.69) is 43.0 Å². The molecule has 1 aromatic rings. The van der Waals surface area contributed by atoms with Crippen molar-refractivity contribution in [1.82, 2.24) is 4.90 Å². The normalized spacial score (nSPS) is 22.9. The SMILES string of the molecule is Cc1cccc(C(CN)CN2CCCCC2C)c1. The van der Waals surface area contributed by atoms with Gasteiger partial charge in [0.25, 0.3) is 0 Å². The molecule has 18 heavy (non-hydrogen) atoms. The number of hydrogen-bond acceptors (Lipinski definition) is 2. The molecule has 1 heterocycles. The van der Waals surface area contributed by atoms with E-state index in [9.17, 15) is 0 Å². The molecule has 2 N–H and O–H groups in total. The molecule has 1 saturated heterocycles. The summed E-state index contributed by atoms with van der Waals surface area (Å²) in [6, 6.07) is 9.52. The molecule has 0 spiro atoms. The van der Waals surface area contributed by atoms with E-state index in [4.69, 9.17) is 5.73 Å². The summed E-state index contributed by atoms with van der Waals surface area (Å²) in [7, 11) is 0. The lowest BCUT2D eigenvalue weighted by Crippen LogP contribution is -2.41. The van der Waals surface area contributed by atoms with Gasteiger partial charge in [-0.2, -0.15) is 0 Å². The summed E-state index contributed by atoms with van der Waals surface area (Å²) in [6.07, 6.45) is 4.07. The topological polar surface area (TPSA) is 29.3 Å². The number of likely N-dealkylation sites (tertiary alicyclic amines) is 1. The van der Waals surface area contributed by atoms with Gasteiger partial charge in [0.05, 0.1) is 0 Å². The van der Waals surface area contributed by atoms with Crippen molar-refractivity contribution in [3.8, 4) is 0 Å². The molecule has 2 atom stereocenters. The number of nitrogens with two attached hydrogens (primary N) is 1. The second-order valence-electron chi connectivity index (χ2n) is 5.69. The van der Waals surface area contributed by atoms with Crippen molar-refractivity contribution in [3.05, 3.63) is 35.4 Å².